The van der Waals surface area contributed by atoms with Crippen LogP contribution in [-0.4, -0.2) is 5.97 Å². The number of hydrogen-bond acceptors (Lipinski definition) is 3. The van der Waals surface area contributed by atoms with E-state index in [1.54, 1.807) is 24.3 Å². The molecule has 0 radical (unpaired) electrons. The number of nitriles is 1. The van der Waals surface area contributed by atoms with Gasteiger partial charge < -0.3 is 4.74 Å². The molecule has 21 heavy (non-hydrogen) atoms. The van der Waals surface area contributed by atoms with E-state index in [2.05, 4.69) is 0 Å². The summed E-state index contributed by atoms with van der Waals surface area (Å²) in [5.41, 5.74) is -2.24. The van der Waals surface area contributed by atoms with Crippen molar-refractivity contribution in [3.8, 4) is 6.07 Å². The highest BCUT2D eigenvalue weighted by Gasteiger charge is 2.43. The predicted octanol–water partition coefficient (Wildman–Crippen LogP) is 3.77. The smallest absolute Gasteiger partial charge is 0.364 e. The molecule has 0 heterocycles. The summed E-state index contributed by atoms with van der Waals surface area (Å²) in [4.78, 5) is 11.9. The van der Waals surface area contributed by atoms with E-state index in [1.165, 1.54) is 30.3 Å². The minimum atomic E-state index is -2.85. The van der Waals surface area contributed by atoms with Crippen LogP contribution in [0.1, 0.15) is 11.1 Å². The van der Waals surface area contributed by atoms with Crippen LogP contribution in [0.5, 0.6) is 0 Å². The van der Waals surface area contributed by atoms with Crippen molar-refractivity contribution in [1.82, 2.24) is 0 Å². The third-order valence-corrected chi connectivity index (χ3v) is 3.14. The van der Waals surface area contributed by atoms with Crippen molar-refractivity contribution in [2.45, 2.75) is 12.3 Å². The van der Waals surface area contributed by atoms with E-state index >= 15 is 0 Å². The lowest BCUT2D eigenvalue weighted by Crippen LogP contribution is -2.31. The number of nitrogens with zero attached hydrogens (tertiary/aromatic N) is 1. The van der Waals surface area contributed by atoms with Crippen LogP contribution in [-0.2, 0) is 21.8 Å². The van der Waals surface area contributed by atoms with Gasteiger partial charge in [0.25, 0.3) is 0 Å². The lowest BCUT2D eigenvalue weighted by molar-refractivity contribution is -0.156. The molecule has 0 saturated heterocycles. The van der Waals surface area contributed by atoms with Crippen LogP contribution < -0.4 is 0 Å². The minimum absolute atomic E-state index is 0.0966. The maximum atomic E-state index is 14.6. The fourth-order valence-corrected chi connectivity index (χ4v) is 1.86. The zero-order chi connectivity index (χ0) is 15.3. The Bertz CT molecular complexity index is 667. The van der Waals surface area contributed by atoms with E-state index in [9.17, 15) is 9.18 Å². The Kier molecular flexibility index (Phi) is 4.56. The Balaban J connectivity index is 2.14. The van der Waals surface area contributed by atoms with Crippen LogP contribution in [0.2, 0.25) is 5.02 Å². The fraction of sp³-hybridized carbons (Fsp3) is 0.125. The summed E-state index contributed by atoms with van der Waals surface area (Å²) in [6.07, 6.45) is 0. The molecule has 1 atom stereocenters. The van der Waals surface area contributed by atoms with Crippen molar-refractivity contribution < 1.29 is 13.9 Å². The molecular weight excluding hydrogens is 293 g/mol. The summed E-state index contributed by atoms with van der Waals surface area (Å²) in [6.45, 7) is -0.0966. The molecule has 2 aromatic rings. The third-order valence-electron chi connectivity index (χ3n) is 2.89. The molecule has 0 aromatic heterocycles. The molecule has 2 aromatic carbocycles. The van der Waals surface area contributed by atoms with Crippen LogP contribution in [0, 0.1) is 11.3 Å². The third kappa shape index (κ3) is 3.39. The van der Waals surface area contributed by atoms with Gasteiger partial charge in [0.2, 0.25) is 0 Å². The first-order valence-electron chi connectivity index (χ1n) is 6.13. The molecule has 106 valence electrons. The monoisotopic (exact) mass is 303 g/mol. The number of esters is 1. The van der Waals surface area contributed by atoms with Crippen LogP contribution in [0.15, 0.2) is 54.6 Å². The fourth-order valence-electron chi connectivity index (χ4n) is 1.73. The molecule has 0 bridgehead atoms. The van der Waals surface area contributed by atoms with Crippen molar-refractivity contribution in [3.63, 3.8) is 0 Å². The van der Waals surface area contributed by atoms with Crippen LogP contribution in [0.4, 0.5) is 4.39 Å². The standard InChI is InChI=1S/C16H11ClFNO2/c17-14-8-6-13(7-9-14)16(18,11-19)15(20)21-10-12-4-2-1-3-5-12/h1-9H,10H2. The quantitative estimate of drug-likeness (QED) is 0.808. The average Bonchev–Trinajstić information content (AvgIpc) is 2.53. The average molecular weight is 304 g/mol. The van der Waals surface area contributed by atoms with Gasteiger partial charge in [-0.1, -0.05) is 54.1 Å². The Morgan fingerprint density at radius 3 is 2.38 bits per heavy atom. The number of halogens is 2. The highest BCUT2D eigenvalue weighted by molar-refractivity contribution is 6.30. The highest BCUT2D eigenvalue weighted by Crippen LogP contribution is 2.28. The van der Waals surface area contributed by atoms with Gasteiger partial charge in [-0.25, -0.2) is 9.18 Å². The Morgan fingerprint density at radius 2 is 1.81 bits per heavy atom. The molecular formula is C16H11ClFNO2. The van der Waals surface area contributed by atoms with E-state index in [4.69, 9.17) is 21.6 Å². The first kappa shape index (κ1) is 15.0. The van der Waals surface area contributed by atoms with Gasteiger partial charge in [0.15, 0.2) is 0 Å². The second-order valence-corrected chi connectivity index (χ2v) is 4.78. The summed E-state index contributed by atoms with van der Waals surface area (Å²) in [6, 6.07) is 15.6. The van der Waals surface area contributed by atoms with Crippen LogP contribution in [0.25, 0.3) is 0 Å². The molecule has 3 nitrogen and oxygen atoms in total. The van der Waals surface area contributed by atoms with E-state index in [1.807, 2.05) is 6.07 Å². The molecule has 1 unspecified atom stereocenters. The molecule has 5 heteroatoms. The van der Waals surface area contributed by atoms with Gasteiger partial charge in [0.1, 0.15) is 12.7 Å². The number of rotatable bonds is 4. The molecule has 0 amide bonds. The summed E-state index contributed by atoms with van der Waals surface area (Å²) in [7, 11) is 0. The Morgan fingerprint density at radius 1 is 1.19 bits per heavy atom. The topological polar surface area (TPSA) is 50.1 Å². The van der Waals surface area contributed by atoms with E-state index in [-0.39, 0.29) is 12.2 Å². The van der Waals surface area contributed by atoms with Gasteiger partial charge in [-0.15, -0.1) is 0 Å². The predicted molar refractivity (Wildman–Crippen MR) is 76.1 cm³/mol. The zero-order valence-corrected chi connectivity index (χ0v) is 11.7. The molecule has 0 spiro atoms. The molecule has 0 fully saturated rings. The normalized spacial score (nSPS) is 13.0. The summed E-state index contributed by atoms with van der Waals surface area (Å²) >= 11 is 5.70. The van der Waals surface area contributed by atoms with Gasteiger partial charge in [-0.05, 0) is 17.7 Å². The van der Waals surface area contributed by atoms with Crippen molar-refractivity contribution in [3.05, 3.63) is 70.7 Å². The molecule has 0 N–H and O–H groups in total. The van der Waals surface area contributed by atoms with Gasteiger partial charge >= 0.3 is 11.6 Å². The molecule has 0 aliphatic carbocycles. The number of carbonyl (C=O) groups excluding carboxylic acids is 1. The van der Waals surface area contributed by atoms with E-state index in [0.29, 0.717) is 10.6 Å². The van der Waals surface area contributed by atoms with Crippen molar-refractivity contribution in [2.75, 3.05) is 0 Å². The summed E-state index contributed by atoms with van der Waals surface area (Å²) in [5.74, 6) is -1.24. The Hall–Kier alpha value is -2.38. The van der Waals surface area contributed by atoms with Gasteiger partial charge in [-0.2, -0.15) is 5.26 Å². The SMILES string of the molecule is N#CC(F)(C(=O)OCc1ccccc1)c1ccc(Cl)cc1. The minimum Gasteiger partial charge on any atom is -0.457 e. The van der Waals surface area contributed by atoms with Crippen molar-refractivity contribution in [2.24, 2.45) is 0 Å². The second-order valence-electron chi connectivity index (χ2n) is 4.34. The number of alkyl halides is 1. The van der Waals surface area contributed by atoms with Gasteiger partial charge in [-0.3, -0.25) is 0 Å². The Labute approximate surface area is 126 Å². The van der Waals surface area contributed by atoms with Crippen molar-refractivity contribution in [1.29, 1.82) is 5.26 Å². The molecule has 0 aliphatic heterocycles. The maximum Gasteiger partial charge on any atom is 0.364 e. The van der Waals surface area contributed by atoms with Gasteiger partial charge in [0, 0.05) is 10.6 Å². The van der Waals surface area contributed by atoms with E-state index < -0.39 is 11.6 Å². The number of hydrogen-bond donors (Lipinski definition) is 0. The molecule has 0 aliphatic rings. The second kappa shape index (κ2) is 6.38. The van der Waals surface area contributed by atoms with Gasteiger partial charge in [0.05, 0.1) is 0 Å². The highest BCUT2D eigenvalue weighted by atomic mass is 35.5. The number of benzene rings is 2. The van der Waals surface area contributed by atoms with Crippen LogP contribution >= 0.6 is 11.6 Å². The largest absolute Gasteiger partial charge is 0.457 e. The zero-order valence-electron chi connectivity index (χ0n) is 10.9. The summed E-state index contributed by atoms with van der Waals surface area (Å²) < 4.78 is 19.5. The number of ether oxygens (including phenoxy) is 1. The first-order chi connectivity index (χ1) is 10.1. The lowest BCUT2D eigenvalue weighted by atomic mass is 9.97. The molecule has 2 rings (SSSR count). The summed E-state index contributed by atoms with van der Waals surface area (Å²) in [5, 5.41) is 9.40. The molecule has 0 saturated carbocycles. The maximum absolute atomic E-state index is 14.6. The van der Waals surface area contributed by atoms with E-state index in [0.717, 1.165) is 0 Å². The first-order valence-corrected chi connectivity index (χ1v) is 6.51. The number of carbonyl (C=O) groups is 1. The van der Waals surface area contributed by atoms with Crippen molar-refractivity contribution >= 4 is 17.6 Å². The van der Waals surface area contributed by atoms with Crippen LogP contribution in [0.3, 0.4) is 0 Å². The lowest BCUT2D eigenvalue weighted by Gasteiger charge is -2.16.